The van der Waals surface area contributed by atoms with Crippen molar-refractivity contribution >= 4 is 40.5 Å². The Labute approximate surface area is 260 Å². The van der Waals surface area contributed by atoms with Crippen molar-refractivity contribution in [3.8, 4) is 0 Å². The average Bonchev–Trinajstić information content (AvgIpc) is 2.81. The molecule has 1 rings (SSSR count). The second kappa shape index (κ2) is 16.1. The molecule has 1 heterocycles. The first kappa shape index (κ1) is 37.9. The Morgan fingerprint density at radius 3 is 1.42 bits per heavy atom. The summed E-state index contributed by atoms with van der Waals surface area (Å²) in [6, 6.07) is 0.0896. The number of hydrogen-bond acceptors (Lipinski definition) is 10. The maximum atomic E-state index is 12.9. The van der Waals surface area contributed by atoms with Gasteiger partial charge in [-0.25, -0.2) is 19.2 Å². The molecule has 0 amide bonds. The smallest absolute Gasteiger partial charge is 0.345 e. The van der Waals surface area contributed by atoms with Crippen molar-refractivity contribution < 1.29 is 37.5 Å². The predicted molar refractivity (Wildman–Crippen MR) is 173 cm³/mol. The van der Waals surface area contributed by atoms with E-state index in [1.165, 1.54) is 0 Å². The summed E-state index contributed by atoms with van der Waals surface area (Å²) in [7, 11) is -4.46. The van der Waals surface area contributed by atoms with Crippen molar-refractivity contribution in [3.63, 3.8) is 0 Å². The SMILES string of the molecule is CCOC(=O)C(C(=O)O[Si](C)(C)C)=C(C)C=C(C)N1CCN(C(C)=CC(C)=C(C(=O)OCC)C(=O)O[Si](C)(C)C)C(C)C1. The van der Waals surface area contributed by atoms with Crippen molar-refractivity contribution in [2.45, 2.75) is 93.8 Å². The second-order valence-electron chi connectivity index (χ2n) is 12.6. The van der Waals surface area contributed by atoms with E-state index in [1.54, 1.807) is 27.7 Å². The third-order valence-corrected chi connectivity index (χ3v) is 7.98. The molecule has 242 valence electrons. The zero-order chi connectivity index (χ0) is 33.3. The molecule has 0 aliphatic carbocycles. The minimum Gasteiger partial charge on any atom is -0.516 e. The first-order chi connectivity index (χ1) is 19.7. The molecule has 0 aromatic carbocycles. The molecule has 1 unspecified atom stereocenters. The molecule has 10 nitrogen and oxygen atoms in total. The van der Waals surface area contributed by atoms with Crippen LogP contribution in [0.15, 0.2) is 45.8 Å². The summed E-state index contributed by atoms with van der Waals surface area (Å²) in [4.78, 5) is 55.6. The molecule has 0 spiro atoms. The molecule has 12 heteroatoms. The lowest BCUT2D eigenvalue weighted by Crippen LogP contribution is -2.50. The van der Waals surface area contributed by atoms with Crippen molar-refractivity contribution in [2.24, 2.45) is 0 Å². The molecular weight excluding hydrogens is 585 g/mol. The lowest BCUT2D eigenvalue weighted by Gasteiger charge is -2.43. The van der Waals surface area contributed by atoms with Gasteiger partial charge in [0.2, 0.25) is 16.6 Å². The van der Waals surface area contributed by atoms with Crippen LogP contribution in [0.2, 0.25) is 39.3 Å². The number of rotatable bonds is 12. The zero-order valence-electron chi connectivity index (χ0n) is 28.4. The Kier molecular flexibility index (Phi) is 14.2. The van der Waals surface area contributed by atoms with Crippen LogP contribution in [0.4, 0.5) is 0 Å². The summed E-state index contributed by atoms with van der Waals surface area (Å²) in [5, 5.41) is 0. The summed E-state index contributed by atoms with van der Waals surface area (Å²) in [5.41, 5.74) is 2.62. The number of ether oxygens (including phenoxy) is 2. The second-order valence-corrected chi connectivity index (χ2v) is 21.5. The van der Waals surface area contributed by atoms with Crippen LogP contribution in [-0.4, -0.2) is 89.2 Å². The molecule has 0 aromatic rings. The van der Waals surface area contributed by atoms with Gasteiger partial charge in [-0.2, -0.15) is 0 Å². The molecule has 1 fully saturated rings. The number of hydrogen-bond donors (Lipinski definition) is 0. The minimum atomic E-state index is -2.23. The van der Waals surface area contributed by atoms with Gasteiger partial charge >= 0.3 is 23.9 Å². The number of carbonyl (C=O) groups is 4. The number of piperazine rings is 1. The fraction of sp³-hybridized carbons (Fsp3) is 0.613. The van der Waals surface area contributed by atoms with Crippen LogP contribution in [0.1, 0.15) is 48.5 Å². The zero-order valence-corrected chi connectivity index (χ0v) is 30.4. The van der Waals surface area contributed by atoms with E-state index in [4.69, 9.17) is 18.3 Å². The molecular formula is C31H52N2O8Si2. The Morgan fingerprint density at radius 2 is 1.07 bits per heavy atom. The number of carbonyl (C=O) groups excluding carboxylic acids is 4. The van der Waals surface area contributed by atoms with Crippen LogP contribution >= 0.6 is 0 Å². The molecule has 43 heavy (non-hydrogen) atoms. The fourth-order valence-electron chi connectivity index (χ4n) is 4.62. The molecule has 1 aliphatic rings. The Bertz CT molecular complexity index is 1190. The maximum Gasteiger partial charge on any atom is 0.345 e. The molecule has 1 aliphatic heterocycles. The maximum absolute atomic E-state index is 12.9. The molecule has 0 saturated carbocycles. The first-order valence-corrected chi connectivity index (χ1v) is 21.6. The number of esters is 2. The van der Waals surface area contributed by atoms with Crippen molar-refractivity contribution in [2.75, 3.05) is 32.8 Å². The van der Waals surface area contributed by atoms with Crippen LogP contribution in [0.25, 0.3) is 0 Å². The lowest BCUT2D eigenvalue weighted by molar-refractivity contribution is -0.145. The molecule has 1 saturated heterocycles. The molecule has 0 N–H and O–H groups in total. The topological polar surface area (TPSA) is 112 Å². The van der Waals surface area contributed by atoms with Gasteiger partial charge < -0.3 is 28.1 Å². The van der Waals surface area contributed by atoms with E-state index in [-0.39, 0.29) is 30.4 Å². The van der Waals surface area contributed by atoms with E-state index < -0.39 is 40.5 Å². The van der Waals surface area contributed by atoms with E-state index in [9.17, 15) is 19.2 Å². The molecule has 0 bridgehead atoms. The normalized spacial score (nSPS) is 17.9. The van der Waals surface area contributed by atoms with Crippen LogP contribution < -0.4 is 0 Å². The quantitative estimate of drug-likeness (QED) is 0.0697. The number of nitrogens with zero attached hydrogens (tertiary/aromatic N) is 2. The fourth-order valence-corrected chi connectivity index (χ4v) is 5.94. The highest BCUT2D eigenvalue weighted by Crippen LogP contribution is 2.23. The summed E-state index contributed by atoms with van der Waals surface area (Å²) >= 11 is 0. The summed E-state index contributed by atoms with van der Waals surface area (Å²) in [6.07, 6.45) is 3.65. The average molecular weight is 637 g/mol. The summed E-state index contributed by atoms with van der Waals surface area (Å²) in [6.45, 7) is 26.5. The monoisotopic (exact) mass is 636 g/mol. The lowest BCUT2D eigenvalue weighted by atomic mass is 10.1. The van der Waals surface area contributed by atoms with Crippen LogP contribution in [0, 0.1) is 0 Å². The van der Waals surface area contributed by atoms with Gasteiger partial charge in [0.25, 0.3) is 0 Å². The highest BCUT2D eigenvalue weighted by Gasteiger charge is 2.31. The summed E-state index contributed by atoms with van der Waals surface area (Å²) in [5.74, 6) is -2.69. The van der Waals surface area contributed by atoms with Crippen molar-refractivity contribution in [3.05, 3.63) is 45.8 Å². The largest absolute Gasteiger partial charge is 0.516 e. The van der Waals surface area contributed by atoms with Gasteiger partial charge in [0.05, 0.1) is 13.2 Å². The van der Waals surface area contributed by atoms with Gasteiger partial charge in [0.1, 0.15) is 11.1 Å². The minimum absolute atomic E-state index is 0.0820. The van der Waals surface area contributed by atoms with Crippen molar-refractivity contribution in [1.82, 2.24) is 9.80 Å². The molecule has 0 radical (unpaired) electrons. The van der Waals surface area contributed by atoms with E-state index in [0.717, 1.165) is 11.4 Å². The van der Waals surface area contributed by atoms with Crippen LogP contribution in [0.3, 0.4) is 0 Å². The number of allylic oxidation sites excluding steroid dienone is 6. The van der Waals surface area contributed by atoms with Gasteiger partial charge in [-0.3, -0.25) is 0 Å². The van der Waals surface area contributed by atoms with Gasteiger partial charge in [0.15, 0.2) is 0 Å². The predicted octanol–water partition coefficient (Wildman–Crippen LogP) is 5.32. The van der Waals surface area contributed by atoms with E-state index in [1.807, 2.05) is 65.3 Å². The highest BCUT2D eigenvalue weighted by atomic mass is 28.4. The molecule has 0 aromatic heterocycles. The first-order valence-electron chi connectivity index (χ1n) is 14.8. The standard InChI is InChI=1S/C31H52N2O8Si2/c1-14-38-28(34)26(30(36)40-42(8,9)10)21(3)18-23(5)32-16-17-33(25(7)20-32)24(6)19-22(4)27(29(35)39-15-2)31(37)41-43(11,12)13/h18-19,25H,14-17,20H2,1-13H3. The Morgan fingerprint density at radius 1 is 0.674 bits per heavy atom. The Hall–Kier alpha value is -3.13. The van der Waals surface area contributed by atoms with Crippen molar-refractivity contribution in [1.29, 1.82) is 0 Å². The van der Waals surface area contributed by atoms with E-state index >= 15 is 0 Å². The van der Waals surface area contributed by atoms with Gasteiger partial charge in [-0.05, 0) is 111 Å². The van der Waals surface area contributed by atoms with Gasteiger partial charge in [0, 0.05) is 37.1 Å². The van der Waals surface area contributed by atoms with Crippen LogP contribution in [-0.2, 0) is 37.5 Å². The third-order valence-electron chi connectivity index (χ3n) is 6.38. The van der Waals surface area contributed by atoms with E-state index in [2.05, 4.69) is 16.7 Å². The van der Waals surface area contributed by atoms with Crippen LogP contribution in [0.5, 0.6) is 0 Å². The third kappa shape index (κ3) is 12.2. The highest BCUT2D eigenvalue weighted by molar-refractivity contribution is 6.72. The van der Waals surface area contributed by atoms with Gasteiger partial charge in [-0.1, -0.05) is 0 Å². The summed E-state index contributed by atoms with van der Waals surface area (Å²) < 4.78 is 21.6. The van der Waals surface area contributed by atoms with Gasteiger partial charge in [-0.15, -0.1) is 0 Å². The van der Waals surface area contributed by atoms with E-state index in [0.29, 0.717) is 30.8 Å². The molecule has 1 atom stereocenters. The Balaban J connectivity index is 3.28.